The second-order valence-electron chi connectivity index (χ2n) is 8.46. The number of thiocarbonyl (C=S) groups is 1. The van der Waals surface area contributed by atoms with Crippen LogP contribution in [0.5, 0.6) is 0 Å². The topological polar surface area (TPSA) is 31.0 Å². The molecule has 0 atom stereocenters. The minimum absolute atomic E-state index is 0.702. The Bertz CT molecular complexity index is 919. The van der Waals surface area contributed by atoms with Gasteiger partial charge in [0.1, 0.15) is 0 Å². The number of fused-ring (bicyclic) bond motifs is 1. The summed E-state index contributed by atoms with van der Waals surface area (Å²) in [5.74, 6) is 0. The van der Waals surface area contributed by atoms with Crippen LogP contribution in [0.1, 0.15) is 24.5 Å². The van der Waals surface area contributed by atoms with Crippen molar-refractivity contribution >= 4 is 40.3 Å². The van der Waals surface area contributed by atoms with Gasteiger partial charge in [-0.2, -0.15) is 0 Å². The zero-order chi connectivity index (χ0) is 22.3. The Balaban J connectivity index is 1.48. The highest BCUT2D eigenvalue weighted by Crippen LogP contribution is 2.28. The average Bonchev–Trinajstić information content (AvgIpc) is 2.81. The molecule has 4 rings (SSSR count). The molecule has 1 saturated heterocycles. The predicted molar refractivity (Wildman–Crippen MR) is 138 cm³/mol. The molecule has 1 fully saturated rings. The number of nitrogens with one attached hydrogen (secondary N) is 1. The second-order valence-corrected chi connectivity index (χ2v) is 9.29. The maximum Gasteiger partial charge on any atom is 0.173 e. The van der Waals surface area contributed by atoms with E-state index in [9.17, 15) is 0 Å². The van der Waals surface area contributed by atoms with Crippen molar-refractivity contribution in [2.75, 3.05) is 62.7 Å². The quantitative estimate of drug-likeness (QED) is 0.590. The van der Waals surface area contributed by atoms with E-state index in [1.54, 1.807) is 0 Å². The van der Waals surface area contributed by atoms with Crippen molar-refractivity contribution in [2.24, 2.45) is 0 Å². The standard InChI is InChI=1S/C25H33ClN4OS/c1-2-29-10-4-5-21-17-20(8-9-24(21)29)19-30(12-11-28-13-15-31-16-14-28)25(32)27-23-7-3-6-22(26)18-23/h3,6-9,17-18H,2,4-5,10-16,19H2,1H3,(H,27,32). The number of aryl methyl sites for hydroxylation is 1. The summed E-state index contributed by atoms with van der Waals surface area (Å²) in [6, 6.07) is 14.6. The van der Waals surface area contributed by atoms with Crippen LogP contribution < -0.4 is 10.2 Å². The predicted octanol–water partition coefficient (Wildman–Crippen LogP) is 4.64. The van der Waals surface area contributed by atoms with Crippen LogP contribution in [0.25, 0.3) is 0 Å². The van der Waals surface area contributed by atoms with Crippen LogP contribution in [0, 0.1) is 0 Å². The summed E-state index contributed by atoms with van der Waals surface area (Å²) in [4.78, 5) is 7.20. The minimum atomic E-state index is 0.702. The van der Waals surface area contributed by atoms with E-state index >= 15 is 0 Å². The first kappa shape index (κ1) is 23.3. The van der Waals surface area contributed by atoms with Crippen LogP contribution in [0.2, 0.25) is 5.02 Å². The zero-order valence-electron chi connectivity index (χ0n) is 18.9. The normalized spacial score (nSPS) is 16.5. The molecule has 32 heavy (non-hydrogen) atoms. The third-order valence-electron chi connectivity index (χ3n) is 6.27. The molecule has 172 valence electrons. The van der Waals surface area contributed by atoms with E-state index in [-0.39, 0.29) is 0 Å². The highest BCUT2D eigenvalue weighted by atomic mass is 35.5. The first-order valence-electron chi connectivity index (χ1n) is 11.6. The van der Waals surface area contributed by atoms with Gasteiger partial charge in [0.15, 0.2) is 5.11 Å². The summed E-state index contributed by atoms with van der Waals surface area (Å²) in [6.07, 6.45) is 2.37. The lowest BCUT2D eigenvalue weighted by Crippen LogP contribution is -2.44. The van der Waals surface area contributed by atoms with Crippen molar-refractivity contribution in [2.45, 2.75) is 26.3 Å². The van der Waals surface area contributed by atoms with Crippen LogP contribution in [-0.4, -0.2) is 67.4 Å². The number of hydrogen-bond acceptors (Lipinski definition) is 4. The maximum absolute atomic E-state index is 6.17. The molecule has 0 spiro atoms. The molecule has 0 saturated carbocycles. The Morgan fingerprint density at radius 3 is 2.78 bits per heavy atom. The maximum atomic E-state index is 6.17. The van der Waals surface area contributed by atoms with E-state index in [4.69, 9.17) is 28.6 Å². The fraction of sp³-hybridized carbons (Fsp3) is 0.480. The third-order valence-corrected chi connectivity index (χ3v) is 6.86. The van der Waals surface area contributed by atoms with E-state index < -0.39 is 0 Å². The monoisotopic (exact) mass is 472 g/mol. The van der Waals surface area contributed by atoms with Crippen molar-refractivity contribution in [1.29, 1.82) is 0 Å². The number of nitrogens with zero attached hydrogens (tertiary/aromatic N) is 3. The third kappa shape index (κ3) is 6.13. The molecule has 0 aromatic heterocycles. The molecule has 2 aromatic rings. The smallest absolute Gasteiger partial charge is 0.173 e. The van der Waals surface area contributed by atoms with Crippen molar-refractivity contribution in [3.05, 3.63) is 58.6 Å². The molecule has 0 amide bonds. The van der Waals surface area contributed by atoms with Crippen LogP contribution in [-0.2, 0) is 17.7 Å². The van der Waals surface area contributed by atoms with Gasteiger partial charge in [-0.05, 0) is 67.4 Å². The summed E-state index contributed by atoms with van der Waals surface area (Å²) in [6.45, 7) is 10.6. The van der Waals surface area contributed by atoms with E-state index in [1.165, 1.54) is 23.2 Å². The Labute approximate surface area is 202 Å². The Kier molecular flexibility index (Phi) is 8.25. The zero-order valence-corrected chi connectivity index (χ0v) is 20.4. The van der Waals surface area contributed by atoms with Crippen LogP contribution >= 0.6 is 23.8 Å². The molecule has 0 radical (unpaired) electrons. The molecule has 7 heteroatoms. The summed E-state index contributed by atoms with van der Waals surface area (Å²) in [7, 11) is 0. The van der Waals surface area contributed by atoms with E-state index in [0.717, 1.165) is 76.2 Å². The van der Waals surface area contributed by atoms with E-state index in [0.29, 0.717) is 5.02 Å². The summed E-state index contributed by atoms with van der Waals surface area (Å²) < 4.78 is 5.50. The van der Waals surface area contributed by atoms with Gasteiger partial charge in [0, 0.05) is 62.2 Å². The minimum Gasteiger partial charge on any atom is -0.379 e. The molecule has 2 aliphatic heterocycles. The fourth-order valence-corrected chi connectivity index (χ4v) is 4.95. The number of morpholine rings is 1. The highest BCUT2D eigenvalue weighted by molar-refractivity contribution is 7.80. The molecule has 2 heterocycles. The number of anilines is 2. The van der Waals surface area contributed by atoms with E-state index in [2.05, 4.69) is 45.1 Å². The molecule has 2 aliphatic rings. The SMILES string of the molecule is CCN1CCCc2cc(CN(CCN3CCOCC3)C(=S)Nc3cccc(Cl)c3)ccc21. The van der Waals surface area contributed by atoms with Crippen LogP contribution in [0.4, 0.5) is 11.4 Å². The average molecular weight is 473 g/mol. The van der Waals surface area contributed by atoms with Crippen LogP contribution in [0.3, 0.4) is 0 Å². The van der Waals surface area contributed by atoms with Gasteiger partial charge in [-0.1, -0.05) is 29.8 Å². The molecular weight excluding hydrogens is 440 g/mol. The van der Waals surface area contributed by atoms with Gasteiger partial charge >= 0.3 is 0 Å². The Morgan fingerprint density at radius 1 is 1.16 bits per heavy atom. The second kappa shape index (κ2) is 11.3. The van der Waals surface area contributed by atoms with Gasteiger partial charge in [-0.25, -0.2) is 0 Å². The largest absolute Gasteiger partial charge is 0.379 e. The fourth-order valence-electron chi connectivity index (χ4n) is 4.48. The first-order valence-corrected chi connectivity index (χ1v) is 12.4. The summed E-state index contributed by atoms with van der Waals surface area (Å²) in [5, 5.41) is 4.82. The van der Waals surface area contributed by atoms with Gasteiger partial charge in [0.05, 0.1) is 13.2 Å². The number of benzene rings is 2. The molecule has 5 nitrogen and oxygen atoms in total. The van der Waals surface area contributed by atoms with Crippen LogP contribution in [0.15, 0.2) is 42.5 Å². The summed E-state index contributed by atoms with van der Waals surface area (Å²) in [5.41, 5.74) is 5.07. The van der Waals surface area contributed by atoms with Crippen molar-refractivity contribution in [3.8, 4) is 0 Å². The van der Waals surface area contributed by atoms with Crippen molar-refractivity contribution < 1.29 is 4.74 Å². The van der Waals surface area contributed by atoms with Crippen molar-refractivity contribution in [1.82, 2.24) is 9.80 Å². The van der Waals surface area contributed by atoms with Crippen molar-refractivity contribution in [3.63, 3.8) is 0 Å². The van der Waals surface area contributed by atoms with Gasteiger partial charge in [0.2, 0.25) is 0 Å². The molecule has 0 unspecified atom stereocenters. The highest BCUT2D eigenvalue weighted by Gasteiger charge is 2.18. The number of halogens is 1. The molecule has 2 aromatic carbocycles. The van der Waals surface area contributed by atoms with E-state index in [1.807, 2.05) is 24.3 Å². The van der Waals surface area contributed by atoms with Gasteiger partial charge in [-0.15, -0.1) is 0 Å². The number of hydrogen-bond donors (Lipinski definition) is 1. The number of ether oxygens (including phenoxy) is 1. The lowest BCUT2D eigenvalue weighted by molar-refractivity contribution is 0.0358. The number of rotatable bonds is 7. The van der Waals surface area contributed by atoms with Gasteiger partial charge in [0.25, 0.3) is 0 Å². The molecule has 1 N–H and O–H groups in total. The molecular formula is C25H33ClN4OS. The Hall–Kier alpha value is -1.86. The Morgan fingerprint density at radius 2 is 2.00 bits per heavy atom. The van der Waals surface area contributed by atoms with Gasteiger partial charge < -0.3 is 19.9 Å². The summed E-state index contributed by atoms with van der Waals surface area (Å²) >= 11 is 12.0. The molecule has 0 bridgehead atoms. The van der Waals surface area contributed by atoms with Gasteiger partial charge in [-0.3, -0.25) is 4.90 Å². The lowest BCUT2D eigenvalue weighted by Gasteiger charge is -2.33. The first-order chi connectivity index (χ1) is 15.6. The molecule has 0 aliphatic carbocycles. The lowest BCUT2D eigenvalue weighted by atomic mass is 9.99.